The van der Waals surface area contributed by atoms with Crippen LogP contribution in [-0.4, -0.2) is 41.7 Å². The van der Waals surface area contributed by atoms with E-state index < -0.39 is 17.2 Å². The highest BCUT2D eigenvalue weighted by atomic mass is 16.7. The van der Waals surface area contributed by atoms with Gasteiger partial charge in [0.25, 0.3) is 5.91 Å². The molecule has 2 atom stereocenters. The first-order valence-corrected chi connectivity index (χ1v) is 9.04. The molecule has 8 heteroatoms. The molecule has 0 spiro atoms. The number of rotatable bonds is 0. The van der Waals surface area contributed by atoms with Gasteiger partial charge in [0.15, 0.2) is 23.0 Å². The van der Waals surface area contributed by atoms with Crippen LogP contribution < -0.4 is 18.9 Å². The Morgan fingerprint density at radius 3 is 2.50 bits per heavy atom. The number of carbonyl (C=O) groups is 1. The summed E-state index contributed by atoms with van der Waals surface area (Å²) >= 11 is 0. The number of aliphatic hydroxyl groups is 2. The molecule has 3 aliphatic heterocycles. The third-order valence-electron chi connectivity index (χ3n) is 6.30. The molecule has 28 heavy (non-hydrogen) atoms. The SMILES string of the molecule is CN1C(=O)c2c(ccc3c2OCO3)[C@]2(O)CCc3cc4c(cc3[C@]12O)OCO4. The molecule has 2 aromatic rings. The van der Waals surface area contributed by atoms with E-state index in [-0.39, 0.29) is 25.6 Å². The molecular weight excluding hydrogens is 366 g/mol. The zero-order valence-corrected chi connectivity index (χ0v) is 15.0. The minimum atomic E-state index is -1.96. The number of carbonyl (C=O) groups excluding carboxylic acids is 1. The number of fused-ring (bicyclic) bond motifs is 8. The van der Waals surface area contributed by atoms with E-state index in [1.54, 1.807) is 18.2 Å². The molecule has 1 aliphatic carbocycles. The normalized spacial score (nSPS) is 28.7. The van der Waals surface area contributed by atoms with Crippen LogP contribution in [0, 0.1) is 0 Å². The van der Waals surface area contributed by atoms with E-state index in [2.05, 4.69) is 0 Å². The van der Waals surface area contributed by atoms with E-state index in [0.29, 0.717) is 40.5 Å². The summed E-state index contributed by atoms with van der Waals surface area (Å²) in [6.45, 7) is 0.111. The van der Waals surface area contributed by atoms with Crippen molar-refractivity contribution in [3.8, 4) is 23.0 Å². The van der Waals surface area contributed by atoms with Crippen LogP contribution in [0.3, 0.4) is 0 Å². The number of hydrogen-bond acceptors (Lipinski definition) is 7. The highest BCUT2D eigenvalue weighted by Gasteiger charge is 2.63. The number of nitrogens with zero attached hydrogens (tertiary/aromatic N) is 1. The molecule has 2 aromatic carbocycles. The van der Waals surface area contributed by atoms with Crippen LogP contribution in [0.25, 0.3) is 0 Å². The fraction of sp³-hybridized carbons (Fsp3) is 0.350. The number of amides is 1. The molecule has 3 heterocycles. The second-order valence-electron chi connectivity index (χ2n) is 7.48. The molecule has 0 saturated heterocycles. The summed E-state index contributed by atoms with van der Waals surface area (Å²) in [5, 5.41) is 23.7. The van der Waals surface area contributed by atoms with Crippen molar-refractivity contribution >= 4 is 5.91 Å². The Labute approximate surface area is 159 Å². The van der Waals surface area contributed by atoms with Crippen LogP contribution in [0.4, 0.5) is 0 Å². The number of likely N-dealkylation sites (N-methyl/N-ethyl adjacent to an activating group) is 1. The van der Waals surface area contributed by atoms with Crippen molar-refractivity contribution in [1.82, 2.24) is 4.90 Å². The maximum Gasteiger partial charge on any atom is 0.260 e. The van der Waals surface area contributed by atoms with E-state index in [0.717, 1.165) is 5.56 Å². The van der Waals surface area contributed by atoms with Gasteiger partial charge in [0.05, 0.1) is 5.56 Å². The Morgan fingerprint density at radius 2 is 1.68 bits per heavy atom. The fourth-order valence-electron chi connectivity index (χ4n) is 4.85. The van der Waals surface area contributed by atoms with E-state index in [1.165, 1.54) is 11.9 Å². The first kappa shape index (κ1) is 16.0. The average Bonchev–Trinajstić information content (AvgIpc) is 3.35. The predicted octanol–water partition coefficient (Wildman–Crippen LogP) is 1.21. The average molecular weight is 383 g/mol. The molecule has 0 fully saturated rings. The van der Waals surface area contributed by atoms with Crippen molar-refractivity contribution in [2.45, 2.75) is 24.2 Å². The van der Waals surface area contributed by atoms with E-state index >= 15 is 0 Å². The maximum absolute atomic E-state index is 13.3. The van der Waals surface area contributed by atoms with Crippen LogP contribution in [0.2, 0.25) is 0 Å². The van der Waals surface area contributed by atoms with Crippen LogP contribution in [0.1, 0.15) is 33.5 Å². The summed E-state index contributed by atoms with van der Waals surface area (Å²) in [6.07, 6.45) is 0.723. The summed E-state index contributed by atoms with van der Waals surface area (Å²) in [4.78, 5) is 14.5. The Hall–Kier alpha value is -2.97. The van der Waals surface area contributed by atoms with Gasteiger partial charge in [0.2, 0.25) is 19.3 Å². The van der Waals surface area contributed by atoms with Gasteiger partial charge in [0, 0.05) is 18.2 Å². The zero-order valence-electron chi connectivity index (χ0n) is 15.0. The van der Waals surface area contributed by atoms with Gasteiger partial charge in [-0.1, -0.05) is 6.07 Å². The van der Waals surface area contributed by atoms with Crippen LogP contribution in [0.5, 0.6) is 23.0 Å². The van der Waals surface area contributed by atoms with Crippen molar-refractivity contribution in [2.75, 3.05) is 20.6 Å². The van der Waals surface area contributed by atoms with Gasteiger partial charge in [0.1, 0.15) is 5.60 Å². The molecule has 0 bridgehead atoms. The van der Waals surface area contributed by atoms with Crippen molar-refractivity contribution < 1.29 is 34.0 Å². The minimum Gasteiger partial charge on any atom is -0.454 e. The third kappa shape index (κ3) is 1.62. The standard InChI is InChI=1S/C20H17NO7/c1-21-18(22)16-11(2-3-13-17(16)28-9-25-13)19(23)5-4-10-6-14-15(27-8-26-14)7-12(10)20(19,21)24/h2-3,6-7,23-24H,4-5,8-9H2,1H3/t19-,20-/m1/s1. The van der Waals surface area contributed by atoms with Crippen LogP contribution in [-0.2, 0) is 17.7 Å². The van der Waals surface area contributed by atoms with E-state index in [4.69, 9.17) is 18.9 Å². The van der Waals surface area contributed by atoms with Gasteiger partial charge in [-0.3, -0.25) is 4.79 Å². The summed E-state index contributed by atoms with van der Waals surface area (Å²) < 4.78 is 21.8. The first-order chi connectivity index (χ1) is 13.4. The van der Waals surface area contributed by atoms with Gasteiger partial charge in [-0.25, -0.2) is 0 Å². The molecule has 8 nitrogen and oxygen atoms in total. The molecule has 6 rings (SSSR count). The summed E-state index contributed by atoms with van der Waals surface area (Å²) in [6, 6.07) is 6.76. The Balaban J connectivity index is 1.64. The number of aryl methyl sites for hydroxylation is 1. The van der Waals surface area contributed by atoms with Crippen molar-refractivity contribution in [3.63, 3.8) is 0 Å². The van der Waals surface area contributed by atoms with Crippen molar-refractivity contribution in [1.29, 1.82) is 0 Å². The summed E-state index contributed by atoms with van der Waals surface area (Å²) in [5.41, 5.74) is -1.86. The lowest BCUT2D eigenvalue weighted by atomic mass is 9.65. The van der Waals surface area contributed by atoms with E-state index in [1.807, 2.05) is 6.07 Å². The lowest BCUT2D eigenvalue weighted by Gasteiger charge is -2.55. The van der Waals surface area contributed by atoms with Crippen LogP contribution in [0.15, 0.2) is 24.3 Å². The topological polar surface area (TPSA) is 97.7 Å². The number of benzene rings is 2. The molecule has 0 radical (unpaired) electrons. The molecular formula is C20H17NO7. The van der Waals surface area contributed by atoms with Crippen LogP contribution >= 0.6 is 0 Å². The number of ether oxygens (including phenoxy) is 4. The minimum absolute atomic E-state index is 0.0117. The zero-order chi connectivity index (χ0) is 19.3. The second-order valence-corrected chi connectivity index (χ2v) is 7.48. The molecule has 1 amide bonds. The predicted molar refractivity (Wildman–Crippen MR) is 93.3 cm³/mol. The largest absolute Gasteiger partial charge is 0.454 e. The van der Waals surface area contributed by atoms with Gasteiger partial charge in [-0.05, 0) is 36.6 Å². The molecule has 0 saturated carbocycles. The second kappa shape index (κ2) is 4.89. The summed E-state index contributed by atoms with van der Waals surface area (Å²) in [7, 11) is 1.48. The van der Waals surface area contributed by atoms with E-state index in [9.17, 15) is 15.0 Å². The molecule has 2 N–H and O–H groups in total. The smallest absolute Gasteiger partial charge is 0.260 e. The quantitative estimate of drug-likeness (QED) is 0.706. The highest BCUT2D eigenvalue weighted by Crippen LogP contribution is 2.58. The lowest BCUT2D eigenvalue weighted by Crippen LogP contribution is -2.65. The van der Waals surface area contributed by atoms with Gasteiger partial charge >= 0.3 is 0 Å². The Kier molecular flexibility index (Phi) is 2.80. The van der Waals surface area contributed by atoms with Gasteiger partial charge in [-0.15, -0.1) is 0 Å². The summed E-state index contributed by atoms with van der Waals surface area (Å²) in [5.74, 6) is 1.39. The fourth-order valence-corrected chi connectivity index (χ4v) is 4.85. The Morgan fingerprint density at radius 1 is 0.964 bits per heavy atom. The third-order valence-corrected chi connectivity index (χ3v) is 6.30. The maximum atomic E-state index is 13.3. The van der Waals surface area contributed by atoms with Gasteiger partial charge in [-0.2, -0.15) is 0 Å². The van der Waals surface area contributed by atoms with Crippen molar-refractivity contribution in [2.24, 2.45) is 0 Å². The lowest BCUT2D eigenvalue weighted by molar-refractivity contribution is -0.241. The molecule has 144 valence electrons. The van der Waals surface area contributed by atoms with Crippen molar-refractivity contribution in [3.05, 3.63) is 46.5 Å². The molecule has 0 unspecified atom stereocenters. The van der Waals surface area contributed by atoms with Gasteiger partial charge < -0.3 is 34.1 Å². The highest BCUT2D eigenvalue weighted by molar-refractivity contribution is 6.01. The monoisotopic (exact) mass is 383 g/mol. The number of hydrogen-bond donors (Lipinski definition) is 2. The first-order valence-electron chi connectivity index (χ1n) is 9.04. The Bertz CT molecular complexity index is 1070. The molecule has 0 aromatic heterocycles. The molecule has 4 aliphatic rings.